The van der Waals surface area contributed by atoms with E-state index in [1.54, 1.807) is 0 Å². The zero-order valence-electron chi connectivity index (χ0n) is 21.0. The molecule has 1 aromatic carbocycles. The van der Waals surface area contributed by atoms with Crippen molar-refractivity contribution in [2.75, 3.05) is 43.4 Å². The second-order valence-electron chi connectivity index (χ2n) is 9.75. The van der Waals surface area contributed by atoms with Crippen LogP contribution in [-0.4, -0.2) is 69.9 Å². The number of hydrogen-bond donors (Lipinski definition) is 2. The van der Waals surface area contributed by atoms with E-state index in [2.05, 4.69) is 32.4 Å². The molecule has 0 radical (unpaired) electrons. The minimum atomic E-state index is -0.487. The van der Waals surface area contributed by atoms with Crippen LogP contribution in [0.1, 0.15) is 32.0 Å². The third-order valence-corrected chi connectivity index (χ3v) is 6.26. The number of carbonyl (C=O) groups excluding carboxylic acids is 1. The van der Waals surface area contributed by atoms with Gasteiger partial charge in [-0.05, 0) is 64.2 Å². The van der Waals surface area contributed by atoms with Crippen LogP contribution < -0.4 is 10.2 Å². The molecule has 9 nitrogen and oxygen atoms in total. The van der Waals surface area contributed by atoms with Gasteiger partial charge in [-0.25, -0.2) is 9.97 Å². The number of esters is 1. The highest BCUT2D eigenvalue weighted by Gasteiger charge is 2.19. The molecule has 1 fully saturated rings. The Bertz CT molecular complexity index is 1150. The number of rotatable bonds is 7. The van der Waals surface area contributed by atoms with Crippen LogP contribution in [0.2, 0.25) is 0 Å². The molecular weight excluding hydrogens is 462 g/mol. The van der Waals surface area contributed by atoms with Gasteiger partial charge in [0.1, 0.15) is 17.2 Å². The number of nitrogens with zero attached hydrogens (tertiary/aromatic N) is 5. The smallest absolute Gasteiger partial charge is 0.310 e. The van der Waals surface area contributed by atoms with Gasteiger partial charge in [0, 0.05) is 48.9 Å². The monoisotopic (exact) mass is 495 g/mol. The minimum Gasteiger partial charge on any atom is -0.460 e. The first-order valence-corrected chi connectivity index (χ1v) is 12.5. The normalized spacial score (nSPS) is 14.7. The van der Waals surface area contributed by atoms with Crippen molar-refractivity contribution in [3.63, 3.8) is 0 Å². The molecule has 0 aliphatic carbocycles. The summed E-state index contributed by atoms with van der Waals surface area (Å²) in [6.07, 6.45) is 0.245. The molecule has 35 heavy (non-hydrogen) atoms. The molecule has 186 valence electrons. The number of aromatic amines is 1. The quantitative estimate of drug-likeness (QED) is 0.372. The summed E-state index contributed by atoms with van der Waals surface area (Å²) in [6, 6.07) is 11.8. The first-order valence-electron chi connectivity index (χ1n) is 11.7. The van der Waals surface area contributed by atoms with Crippen molar-refractivity contribution in [1.82, 2.24) is 25.1 Å². The number of H-pyrrole nitrogens is 1. The van der Waals surface area contributed by atoms with Gasteiger partial charge in [0.2, 0.25) is 0 Å². The first-order chi connectivity index (χ1) is 16.6. The lowest BCUT2D eigenvalue weighted by atomic mass is 10.1. The van der Waals surface area contributed by atoms with E-state index in [1.165, 1.54) is 11.8 Å². The van der Waals surface area contributed by atoms with Gasteiger partial charge in [-0.3, -0.25) is 9.89 Å². The molecule has 0 atom stereocenters. The molecule has 0 unspecified atom stereocenters. The molecule has 0 spiro atoms. The standard InChI is InChI=1S/C25H33N7O2S/c1-17-14-21(30-29-17)26-20-16-22(32-12-10-31(5)11-13-32)28-24(27-20)35-19-8-6-18(7-9-19)15-23(33)34-25(2,3)4/h6-9,14,16H,10-13,15H2,1-5H3,(H2,26,27,28,29,30). The Kier molecular flexibility index (Phi) is 7.61. The fourth-order valence-electron chi connectivity index (χ4n) is 3.66. The highest BCUT2D eigenvalue weighted by atomic mass is 32.2. The van der Waals surface area contributed by atoms with Gasteiger partial charge in [0.25, 0.3) is 0 Å². The van der Waals surface area contributed by atoms with Crippen LogP contribution >= 0.6 is 11.8 Å². The average Bonchev–Trinajstić information content (AvgIpc) is 3.18. The predicted molar refractivity (Wildman–Crippen MR) is 138 cm³/mol. The number of carbonyl (C=O) groups is 1. The number of ether oxygens (including phenoxy) is 1. The zero-order chi connectivity index (χ0) is 25.0. The molecule has 1 aliphatic heterocycles. The molecule has 0 bridgehead atoms. The maximum Gasteiger partial charge on any atom is 0.310 e. The largest absolute Gasteiger partial charge is 0.460 e. The Balaban J connectivity index is 1.51. The lowest BCUT2D eigenvalue weighted by Gasteiger charge is -2.33. The molecule has 2 aromatic heterocycles. The summed E-state index contributed by atoms with van der Waals surface area (Å²) in [7, 11) is 2.14. The summed E-state index contributed by atoms with van der Waals surface area (Å²) in [5.41, 5.74) is 1.40. The lowest BCUT2D eigenvalue weighted by Crippen LogP contribution is -2.44. The number of piperazine rings is 1. The number of anilines is 3. The SMILES string of the molecule is Cc1cc(Nc2cc(N3CCN(C)CC3)nc(Sc3ccc(CC(=O)OC(C)(C)C)cc3)n2)n[nH]1. The zero-order valence-corrected chi connectivity index (χ0v) is 21.8. The van der Waals surface area contributed by atoms with Gasteiger partial charge in [0.15, 0.2) is 11.0 Å². The lowest BCUT2D eigenvalue weighted by molar-refractivity contribution is -0.153. The maximum atomic E-state index is 12.1. The molecule has 4 rings (SSSR count). The molecule has 0 saturated carbocycles. The summed E-state index contributed by atoms with van der Waals surface area (Å²) in [6.45, 7) is 11.4. The third-order valence-electron chi connectivity index (χ3n) is 5.38. The Hall–Kier alpha value is -3.11. The second-order valence-corrected chi connectivity index (χ2v) is 10.8. The fraction of sp³-hybridized carbons (Fsp3) is 0.440. The van der Waals surface area contributed by atoms with Crippen molar-refractivity contribution in [1.29, 1.82) is 0 Å². The molecule has 1 aliphatic rings. The van der Waals surface area contributed by atoms with E-state index >= 15 is 0 Å². The predicted octanol–water partition coefficient (Wildman–Crippen LogP) is 4.04. The van der Waals surface area contributed by atoms with Crippen LogP contribution in [-0.2, 0) is 16.0 Å². The van der Waals surface area contributed by atoms with E-state index < -0.39 is 5.60 Å². The van der Waals surface area contributed by atoms with Crippen LogP contribution in [0.5, 0.6) is 0 Å². The third kappa shape index (κ3) is 7.43. The molecule has 3 heterocycles. The van der Waals surface area contributed by atoms with Crippen molar-refractivity contribution in [2.24, 2.45) is 0 Å². The molecule has 10 heteroatoms. The van der Waals surface area contributed by atoms with E-state index in [0.29, 0.717) is 16.8 Å². The van der Waals surface area contributed by atoms with Gasteiger partial charge < -0.3 is 19.9 Å². The minimum absolute atomic E-state index is 0.231. The summed E-state index contributed by atoms with van der Waals surface area (Å²) >= 11 is 1.49. The number of nitrogens with one attached hydrogen (secondary N) is 2. The number of benzene rings is 1. The van der Waals surface area contributed by atoms with Crippen LogP contribution in [0, 0.1) is 6.92 Å². The molecule has 3 aromatic rings. The van der Waals surface area contributed by atoms with Crippen molar-refractivity contribution in [3.05, 3.63) is 47.7 Å². The van der Waals surface area contributed by atoms with Crippen molar-refractivity contribution < 1.29 is 9.53 Å². The number of aryl methyl sites for hydroxylation is 1. The fourth-order valence-corrected chi connectivity index (χ4v) is 4.42. The van der Waals surface area contributed by atoms with Gasteiger partial charge in [-0.2, -0.15) is 5.10 Å². The second kappa shape index (κ2) is 10.7. The van der Waals surface area contributed by atoms with E-state index in [4.69, 9.17) is 14.7 Å². The van der Waals surface area contributed by atoms with E-state index in [0.717, 1.165) is 48.1 Å². The Morgan fingerprint density at radius 2 is 1.80 bits per heavy atom. The average molecular weight is 496 g/mol. The number of likely N-dealkylation sites (N-methyl/N-ethyl adjacent to an activating group) is 1. The molecular formula is C25H33N7O2S. The number of aromatic nitrogens is 4. The first kappa shape index (κ1) is 25.0. The van der Waals surface area contributed by atoms with Gasteiger partial charge >= 0.3 is 5.97 Å². The van der Waals surface area contributed by atoms with Gasteiger partial charge in [0.05, 0.1) is 6.42 Å². The van der Waals surface area contributed by atoms with Crippen molar-refractivity contribution >= 4 is 35.2 Å². The Morgan fingerprint density at radius 1 is 1.09 bits per heavy atom. The van der Waals surface area contributed by atoms with E-state index in [9.17, 15) is 4.79 Å². The van der Waals surface area contributed by atoms with Crippen LogP contribution in [0.4, 0.5) is 17.5 Å². The maximum absolute atomic E-state index is 12.1. The highest BCUT2D eigenvalue weighted by molar-refractivity contribution is 7.99. The van der Waals surface area contributed by atoms with E-state index in [1.807, 2.05) is 64.1 Å². The Labute approximate surface area is 210 Å². The molecule has 1 saturated heterocycles. The van der Waals surface area contributed by atoms with Crippen LogP contribution in [0.3, 0.4) is 0 Å². The number of hydrogen-bond acceptors (Lipinski definition) is 9. The molecule has 0 amide bonds. The summed E-state index contributed by atoms with van der Waals surface area (Å²) in [5.74, 6) is 2.08. The van der Waals surface area contributed by atoms with E-state index in [-0.39, 0.29) is 12.4 Å². The van der Waals surface area contributed by atoms with Crippen molar-refractivity contribution in [2.45, 2.75) is 49.8 Å². The van der Waals surface area contributed by atoms with Crippen LogP contribution in [0.15, 0.2) is 46.5 Å². The molecule has 2 N–H and O–H groups in total. The highest BCUT2D eigenvalue weighted by Crippen LogP contribution is 2.29. The van der Waals surface area contributed by atoms with Gasteiger partial charge in [-0.15, -0.1) is 0 Å². The van der Waals surface area contributed by atoms with Crippen molar-refractivity contribution in [3.8, 4) is 0 Å². The summed E-state index contributed by atoms with van der Waals surface area (Å²) < 4.78 is 5.42. The Morgan fingerprint density at radius 3 is 2.43 bits per heavy atom. The van der Waals surface area contributed by atoms with Gasteiger partial charge in [-0.1, -0.05) is 12.1 Å². The van der Waals surface area contributed by atoms with Crippen LogP contribution in [0.25, 0.3) is 0 Å². The summed E-state index contributed by atoms with van der Waals surface area (Å²) in [4.78, 5) is 27.3. The topological polar surface area (TPSA) is 99.3 Å². The summed E-state index contributed by atoms with van der Waals surface area (Å²) in [5, 5.41) is 11.2.